The van der Waals surface area contributed by atoms with Gasteiger partial charge >= 0.3 is 0 Å². The molecule has 1 heterocycles. The Morgan fingerprint density at radius 1 is 0.774 bits per heavy atom. The van der Waals surface area contributed by atoms with Crippen molar-refractivity contribution in [1.82, 2.24) is 0 Å². The summed E-state index contributed by atoms with van der Waals surface area (Å²) in [7, 11) is 1.50. The molecule has 53 heavy (non-hydrogen) atoms. The number of aliphatic imine (C=N–C) groups is 1. The number of allylic oxidation sites excluding steroid dienone is 7. The fraction of sp³-hybridized carbons (Fsp3) is 0.167. The van der Waals surface area contributed by atoms with E-state index in [9.17, 15) is 0 Å². The summed E-state index contributed by atoms with van der Waals surface area (Å²) in [5, 5.41) is 7.78. The van der Waals surface area contributed by atoms with Crippen LogP contribution >= 0.6 is 0 Å². The second-order valence-corrected chi connectivity index (χ2v) is 13.7. The molecule has 2 aliphatic carbocycles. The largest absolute Gasteiger partial charge is 0.449 e. The van der Waals surface area contributed by atoms with Crippen molar-refractivity contribution in [2.75, 3.05) is 7.05 Å². The summed E-state index contributed by atoms with van der Waals surface area (Å²) in [5.41, 5.74) is 14.5. The van der Waals surface area contributed by atoms with E-state index in [1.54, 1.807) is 18.2 Å². The van der Waals surface area contributed by atoms with Crippen LogP contribution in [0.1, 0.15) is 53.1 Å². The van der Waals surface area contributed by atoms with Gasteiger partial charge in [0.2, 0.25) is 0 Å². The third-order valence-corrected chi connectivity index (χ3v) is 10.0. The smallest absolute Gasteiger partial charge is 0.174 e. The lowest BCUT2D eigenvalue weighted by Gasteiger charge is -2.29. The van der Waals surface area contributed by atoms with Crippen molar-refractivity contribution in [1.29, 1.82) is 5.41 Å². The summed E-state index contributed by atoms with van der Waals surface area (Å²) in [6.07, 6.45) is 15.0. The first-order valence-corrected chi connectivity index (χ1v) is 18.0. The average molecular weight is 698 g/mol. The monoisotopic (exact) mass is 697 g/mol. The Kier molecular flexibility index (Phi) is 11.5. The quantitative estimate of drug-likeness (QED) is 0.123. The van der Waals surface area contributed by atoms with E-state index in [0.717, 1.165) is 46.1 Å². The summed E-state index contributed by atoms with van der Waals surface area (Å²) < 4.78 is 13.0. The van der Waals surface area contributed by atoms with Gasteiger partial charge in [-0.05, 0) is 101 Å². The Bertz CT molecular complexity index is 2190. The van der Waals surface area contributed by atoms with Crippen molar-refractivity contribution in [2.45, 2.75) is 38.1 Å². The molecule has 266 valence electrons. The number of fused-ring (bicyclic) bond motifs is 6. The molecule has 0 saturated heterocycles. The molecule has 5 aromatic carbocycles. The Hall–Kier alpha value is -6.04. The van der Waals surface area contributed by atoms with Crippen molar-refractivity contribution in [2.24, 2.45) is 16.6 Å². The van der Waals surface area contributed by atoms with Crippen LogP contribution < -0.4 is 15.2 Å². The van der Waals surface area contributed by atoms with Crippen LogP contribution in [-0.2, 0) is 18.4 Å². The molecule has 5 heteroatoms. The number of nitrogens with zero attached hydrogens (tertiary/aromatic N) is 1. The van der Waals surface area contributed by atoms with Crippen molar-refractivity contribution in [3.05, 3.63) is 192 Å². The summed E-state index contributed by atoms with van der Waals surface area (Å²) in [5.74, 6) is 3.96. The number of hydrogen-bond acceptors (Lipinski definition) is 5. The summed E-state index contributed by atoms with van der Waals surface area (Å²) in [6, 6.07) is 37.7. The maximum Gasteiger partial charge on any atom is 0.174 e. The minimum absolute atomic E-state index is 0.0520. The molecule has 5 aromatic rings. The molecule has 0 radical (unpaired) electrons. The minimum Gasteiger partial charge on any atom is -0.449 e. The summed E-state index contributed by atoms with van der Waals surface area (Å²) in [4.78, 5) is 3.81. The number of benzene rings is 5. The summed E-state index contributed by atoms with van der Waals surface area (Å²) in [6.45, 7) is 12.3. The molecule has 2 atom stereocenters. The van der Waals surface area contributed by atoms with Crippen LogP contribution in [0.15, 0.2) is 163 Å². The molecular weight excluding hydrogens is 651 g/mol. The third-order valence-electron chi connectivity index (χ3n) is 10.0. The third kappa shape index (κ3) is 7.91. The van der Waals surface area contributed by atoms with E-state index in [1.165, 1.54) is 34.9 Å². The Labute approximate surface area is 314 Å². The van der Waals surface area contributed by atoms with Crippen LogP contribution in [0.3, 0.4) is 0 Å². The first-order chi connectivity index (χ1) is 25.9. The molecule has 0 amide bonds. The van der Waals surface area contributed by atoms with Crippen molar-refractivity contribution >= 4 is 12.4 Å². The van der Waals surface area contributed by atoms with E-state index in [-0.39, 0.29) is 5.41 Å². The second-order valence-electron chi connectivity index (χ2n) is 13.7. The van der Waals surface area contributed by atoms with Gasteiger partial charge in [0.1, 0.15) is 0 Å². The molecule has 1 aliphatic heterocycles. The van der Waals surface area contributed by atoms with Gasteiger partial charge in [-0.15, -0.1) is 0 Å². The van der Waals surface area contributed by atoms with E-state index >= 15 is 0 Å². The molecule has 8 rings (SSSR count). The zero-order chi connectivity index (χ0) is 37.4. The molecule has 2 unspecified atom stereocenters. The van der Waals surface area contributed by atoms with Crippen LogP contribution in [0, 0.1) is 11.3 Å². The lowest BCUT2D eigenvalue weighted by molar-refractivity contribution is 0.354. The fourth-order valence-electron chi connectivity index (χ4n) is 7.36. The minimum atomic E-state index is 0.0520. The first kappa shape index (κ1) is 36.7. The van der Waals surface area contributed by atoms with Crippen LogP contribution in [-0.4, -0.2) is 19.5 Å². The predicted molar refractivity (Wildman–Crippen MR) is 221 cm³/mol. The second kappa shape index (κ2) is 16.5. The number of nitrogens with one attached hydrogen (secondary N) is 1. The van der Waals surface area contributed by atoms with Gasteiger partial charge < -0.3 is 20.6 Å². The zero-order valence-electron chi connectivity index (χ0n) is 30.8. The van der Waals surface area contributed by atoms with Crippen LogP contribution in [0.25, 0.3) is 11.1 Å². The number of nitrogens with two attached hydrogens (primary N) is 1. The Balaban J connectivity index is 0.000000239. The van der Waals surface area contributed by atoms with Gasteiger partial charge in [-0.25, -0.2) is 0 Å². The molecule has 0 bridgehead atoms. The number of rotatable bonds is 8. The molecule has 0 spiro atoms. The standard InChI is InChI=1S/C34H28O2.C13H14N2.CH5N/c1-34(2)27-11-7-6-10-26(27)32-28(34)17-19-30-33(32)36-29-18-16-25(21-31(29)35-30)24-14-12-23(13-15-24)20-22-8-4-3-5-9-22;1-3-4-8-13(14)12-7-5-6-11(9-12)10-15-2;1-2/h3-19,21,26-27H,20H2,1-2H3;3-9,14H,1-2,10H2;2H2,1H3/b;8-4-,14-13?;. The molecule has 0 aromatic heterocycles. The van der Waals surface area contributed by atoms with Crippen LogP contribution in [0.4, 0.5) is 0 Å². The summed E-state index contributed by atoms with van der Waals surface area (Å²) >= 11 is 0. The number of ether oxygens (including phenoxy) is 2. The highest BCUT2D eigenvalue weighted by atomic mass is 16.6. The molecule has 3 aliphatic rings. The fourth-order valence-corrected chi connectivity index (χ4v) is 7.36. The normalized spacial score (nSPS) is 16.5. The van der Waals surface area contributed by atoms with Gasteiger partial charge in [0.05, 0.1) is 12.3 Å². The Morgan fingerprint density at radius 2 is 1.47 bits per heavy atom. The van der Waals surface area contributed by atoms with Crippen molar-refractivity contribution in [3.8, 4) is 34.1 Å². The lowest BCUT2D eigenvalue weighted by atomic mass is 9.74. The zero-order valence-corrected chi connectivity index (χ0v) is 30.8. The topological polar surface area (TPSA) is 80.7 Å². The highest BCUT2D eigenvalue weighted by Gasteiger charge is 2.47. The maximum absolute atomic E-state index is 7.78. The van der Waals surface area contributed by atoms with Gasteiger partial charge in [0.15, 0.2) is 23.0 Å². The highest BCUT2D eigenvalue weighted by molar-refractivity contribution is 6.06. The van der Waals surface area contributed by atoms with Crippen molar-refractivity contribution in [3.63, 3.8) is 0 Å². The average Bonchev–Trinajstić information content (AvgIpc) is 3.44. The van der Waals surface area contributed by atoms with Crippen LogP contribution in [0.2, 0.25) is 0 Å². The highest BCUT2D eigenvalue weighted by Crippen LogP contribution is 2.60. The van der Waals surface area contributed by atoms with Crippen molar-refractivity contribution < 1.29 is 9.47 Å². The van der Waals surface area contributed by atoms with Gasteiger partial charge in [0.25, 0.3) is 0 Å². The van der Waals surface area contributed by atoms with E-state index in [0.29, 0.717) is 24.1 Å². The number of hydrogen-bond donors (Lipinski definition) is 2. The molecule has 0 saturated carbocycles. The lowest BCUT2D eigenvalue weighted by Crippen LogP contribution is -2.24. The molecular formula is C48H47N3O2. The SMILES string of the molecule is C=C/C=C\C(=N)c1cccc(CN=C)c1.CC1(C)c2ccc3c(c2C2C=CC=CC21)Oc1ccc(-c2ccc(Cc4ccccc4)cc2)cc1O3.CN. The van der Waals surface area contributed by atoms with Gasteiger partial charge in [-0.3, -0.25) is 4.99 Å². The molecule has 5 nitrogen and oxygen atoms in total. The van der Waals surface area contributed by atoms with E-state index in [1.807, 2.05) is 30.3 Å². The molecule has 3 N–H and O–H groups in total. The van der Waals surface area contributed by atoms with E-state index < -0.39 is 0 Å². The molecule has 0 fully saturated rings. The Morgan fingerprint density at radius 3 is 2.23 bits per heavy atom. The van der Waals surface area contributed by atoms with Gasteiger partial charge in [-0.2, -0.15) is 0 Å². The van der Waals surface area contributed by atoms with Gasteiger partial charge in [0, 0.05) is 11.5 Å². The van der Waals surface area contributed by atoms with E-state index in [2.05, 4.69) is 141 Å². The van der Waals surface area contributed by atoms with Gasteiger partial charge in [-0.1, -0.05) is 142 Å². The van der Waals surface area contributed by atoms with Crippen LogP contribution in [0.5, 0.6) is 23.0 Å². The van der Waals surface area contributed by atoms with E-state index in [4.69, 9.17) is 14.9 Å². The first-order valence-electron chi connectivity index (χ1n) is 18.0. The maximum atomic E-state index is 7.78. The predicted octanol–water partition coefficient (Wildman–Crippen LogP) is 11.5.